The Bertz CT molecular complexity index is 342. The van der Waals surface area contributed by atoms with E-state index in [1.54, 1.807) is 0 Å². The normalized spacial score (nSPS) is 13.1. The van der Waals surface area contributed by atoms with Crippen molar-refractivity contribution in [3.05, 3.63) is 12.2 Å². The zero-order chi connectivity index (χ0) is 13.7. The van der Waals surface area contributed by atoms with Gasteiger partial charge in [0.05, 0.1) is 5.75 Å². The molecule has 0 saturated heterocycles. The molecule has 0 radical (unpaired) electrons. The topological polar surface area (TPSA) is 49.4 Å². The van der Waals surface area contributed by atoms with E-state index in [9.17, 15) is 8.42 Å². The van der Waals surface area contributed by atoms with Gasteiger partial charge in [0.1, 0.15) is 9.84 Å². The standard InChI is InChI=1S/C12H26N2O2S/c1-11(9-13-12(2,3)4)10-14(5)7-8-17(6,15)16/h13H,1,7-10H2,2-6H3. The summed E-state index contributed by atoms with van der Waals surface area (Å²) in [6, 6.07) is 0. The maximum atomic E-state index is 11.0. The molecule has 0 aromatic rings. The number of sulfone groups is 1. The highest BCUT2D eigenvalue weighted by molar-refractivity contribution is 7.90. The number of nitrogens with zero attached hydrogens (tertiary/aromatic N) is 1. The van der Waals surface area contributed by atoms with Gasteiger partial charge in [0, 0.05) is 31.4 Å². The van der Waals surface area contributed by atoms with E-state index in [2.05, 4.69) is 32.7 Å². The highest BCUT2D eigenvalue weighted by Gasteiger charge is 2.10. The van der Waals surface area contributed by atoms with Crippen LogP contribution in [0.1, 0.15) is 20.8 Å². The number of hydrogen-bond acceptors (Lipinski definition) is 4. The van der Waals surface area contributed by atoms with Crippen molar-refractivity contribution in [3.8, 4) is 0 Å². The molecule has 17 heavy (non-hydrogen) atoms. The first kappa shape index (κ1) is 16.6. The van der Waals surface area contributed by atoms with E-state index < -0.39 is 9.84 Å². The van der Waals surface area contributed by atoms with Crippen LogP contribution in [0.2, 0.25) is 0 Å². The van der Waals surface area contributed by atoms with Crippen molar-refractivity contribution in [2.75, 3.05) is 38.7 Å². The Balaban J connectivity index is 3.89. The molecule has 102 valence electrons. The molecule has 0 aromatic heterocycles. The molecule has 0 bridgehead atoms. The molecule has 0 rings (SSSR count). The average molecular weight is 262 g/mol. The van der Waals surface area contributed by atoms with Crippen LogP contribution in [-0.2, 0) is 9.84 Å². The zero-order valence-electron chi connectivity index (χ0n) is 11.7. The summed E-state index contributed by atoms with van der Waals surface area (Å²) in [5, 5.41) is 3.35. The number of rotatable bonds is 7. The molecule has 0 aromatic carbocycles. The molecule has 0 heterocycles. The van der Waals surface area contributed by atoms with Crippen molar-refractivity contribution >= 4 is 9.84 Å². The van der Waals surface area contributed by atoms with Gasteiger partial charge in [-0.25, -0.2) is 8.42 Å². The second-order valence-electron chi connectivity index (χ2n) is 5.72. The maximum absolute atomic E-state index is 11.0. The van der Waals surface area contributed by atoms with E-state index in [0.717, 1.165) is 18.7 Å². The van der Waals surface area contributed by atoms with Gasteiger partial charge in [-0.3, -0.25) is 0 Å². The largest absolute Gasteiger partial charge is 0.308 e. The molecule has 0 spiro atoms. The molecular weight excluding hydrogens is 236 g/mol. The Morgan fingerprint density at radius 2 is 1.88 bits per heavy atom. The number of hydrogen-bond donors (Lipinski definition) is 1. The predicted octanol–water partition coefficient (Wildman–Crippen LogP) is 0.907. The fourth-order valence-electron chi connectivity index (χ4n) is 1.23. The number of likely N-dealkylation sites (N-methyl/N-ethyl adjacent to an activating group) is 1. The van der Waals surface area contributed by atoms with Gasteiger partial charge in [-0.15, -0.1) is 0 Å². The summed E-state index contributed by atoms with van der Waals surface area (Å²) in [6.45, 7) is 12.3. The molecule has 0 amide bonds. The van der Waals surface area contributed by atoms with E-state index >= 15 is 0 Å². The summed E-state index contributed by atoms with van der Waals surface area (Å²) in [5.41, 5.74) is 1.14. The Morgan fingerprint density at radius 1 is 1.35 bits per heavy atom. The van der Waals surface area contributed by atoms with E-state index in [4.69, 9.17) is 0 Å². The van der Waals surface area contributed by atoms with Crippen LogP contribution in [0, 0.1) is 0 Å². The quantitative estimate of drug-likeness (QED) is 0.693. The molecule has 0 atom stereocenters. The lowest BCUT2D eigenvalue weighted by atomic mass is 10.1. The van der Waals surface area contributed by atoms with Crippen molar-refractivity contribution in [3.63, 3.8) is 0 Å². The molecule has 0 fully saturated rings. The maximum Gasteiger partial charge on any atom is 0.148 e. The van der Waals surface area contributed by atoms with Crippen LogP contribution >= 0.6 is 0 Å². The van der Waals surface area contributed by atoms with Crippen LogP contribution in [0.4, 0.5) is 0 Å². The van der Waals surface area contributed by atoms with Crippen LogP contribution in [0.15, 0.2) is 12.2 Å². The van der Waals surface area contributed by atoms with Crippen LogP contribution in [0.3, 0.4) is 0 Å². The smallest absolute Gasteiger partial charge is 0.148 e. The molecule has 0 aliphatic rings. The lowest BCUT2D eigenvalue weighted by Crippen LogP contribution is -2.38. The Morgan fingerprint density at radius 3 is 2.29 bits per heavy atom. The Hall–Kier alpha value is -0.390. The van der Waals surface area contributed by atoms with Gasteiger partial charge >= 0.3 is 0 Å². The van der Waals surface area contributed by atoms with Gasteiger partial charge in [0.15, 0.2) is 0 Å². The third-order valence-corrected chi connectivity index (χ3v) is 3.13. The lowest BCUT2D eigenvalue weighted by molar-refractivity contribution is 0.371. The van der Waals surface area contributed by atoms with Gasteiger partial charge in [-0.2, -0.15) is 0 Å². The monoisotopic (exact) mass is 262 g/mol. The molecule has 5 heteroatoms. The molecule has 0 unspecified atom stereocenters. The van der Waals surface area contributed by atoms with Crippen LogP contribution < -0.4 is 5.32 Å². The predicted molar refractivity (Wildman–Crippen MR) is 74.1 cm³/mol. The van der Waals surface area contributed by atoms with E-state index in [-0.39, 0.29) is 11.3 Å². The Labute approximate surface area is 106 Å². The SMILES string of the molecule is C=C(CNC(C)(C)C)CN(C)CCS(C)(=O)=O. The minimum absolute atomic E-state index is 0.0776. The second-order valence-corrected chi connectivity index (χ2v) is 7.98. The Kier molecular flexibility index (Phi) is 6.37. The molecule has 1 N–H and O–H groups in total. The lowest BCUT2D eigenvalue weighted by Gasteiger charge is -2.23. The summed E-state index contributed by atoms with van der Waals surface area (Å²) in [6.07, 6.45) is 1.26. The summed E-state index contributed by atoms with van der Waals surface area (Å²) in [5.74, 6) is 0.198. The summed E-state index contributed by atoms with van der Waals surface area (Å²) in [7, 11) is -0.967. The zero-order valence-corrected chi connectivity index (χ0v) is 12.5. The first-order chi connectivity index (χ1) is 7.49. The van der Waals surface area contributed by atoms with Gasteiger partial charge in [0.2, 0.25) is 0 Å². The van der Waals surface area contributed by atoms with Crippen molar-refractivity contribution in [2.45, 2.75) is 26.3 Å². The highest BCUT2D eigenvalue weighted by atomic mass is 32.2. The molecule has 0 aliphatic carbocycles. The number of nitrogens with one attached hydrogen (secondary N) is 1. The summed E-state index contributed by atoms with van der Waals surface area (Å²) >= 11 is 0. The third-order valence-electron chi connectivity index (χ3n) is 2.21. The van der Waals surface area contributed by atoms with E-state index in [0.29, 0.717) is 6.54 Å². The average Bonchev–Trinajstić information content (AvgIpc) is 2.09. The van der Waals surface area contributed by atoms with Gasteiger partial charge in [-0.05, 0) is 33.4 Å². The summed E-state index contributed by atoms with van der Waals surface area (Å²) < 4.78 is 22.0. The third kappa shape index (κ3) is 11.9. The first-order valence-corrected chi connectivity index (χ1v) is 7.83. The van der Waals surface area contributed by atoms with Crippen molar-refractivity contribution in [2.24, 2.45) is 0 Å². The van der Waals surface area contributed by atoms with Crippen LogP contribution in [-0.4, -0.2) is 57.5 Å². The van der Waals surface area contributed by atoms with Gasteiger partial charge in [0.25, 0.3) is 0 Å². The molecule has 4 nitrogen and oxygen atoms in total. The fourth-order valence-corrected chi connectivity index (χ4v) is 1.87. The van der Waals surface area contributed by atoms with E-state index in [1.807, 2.05) is 11.9 Å². The molecule has 0 aliphatic heterocycles. The van der Waals surface area contributed by atoms with Crippen LogP contribution in [0.25, 0.3) is 0 Å². The van der Waals surface area contributed by atoms with Crippen molar-refractivity contribution in [1.82, 2.24) is 10.2 Å². The molecule has 0 saturated carbocycles. The minimum atomic E-state index is -2.88. The molecular formula is C12H26N2O2S. The minimum Gasteiger partial charge on any atom is -0.308 e. The van der Waals surface area contributed by atoms with Gasteiger partial charge in [-0.1, -0.05) is 6.58 Å². The highest BCUT2D eigenvalue weighted by Crippen LogP contribution is 2.01. The van der Waals surface area contributed by atoms with Gasteiger partial charge < -0.3 is 10.2 Å². The fraction of sp³-hybridized carbons (Fsp3) is 0.833. The van der Waals surface area contributed by atoms with Crippen molar-refractivity contribution < 1.29 is 8.42 Å². The van der Waals surface area contributed by atoms with Crippen molar-refractivity contribution in [1.29, 1.82) is 0 Å². The van der Waals surface area contributed by atoms with E-state index in [1.165, 1.54) is 6.26 Å². The second kappa shape index (κ2) is 6.52. The summed E-state index contributed by atoms with van der Waals surface area (Å²) in [4.78, 5) is 1.98. The first-order valence-electron chi connectivity index (χ1n) is 5.77. The van der Waals surface area contributed by atoms with Crippen LogP contribution in [0.5, 0.6) is 0 Å².